The Morgan fingerprint density at radius 2 is 1.85 bits per heavy atom. The van der Waals surface area contributed by atoms with E-state index in [0.29, 0.717) is 35.8 Å². The largest absolute Gasteiger partial charge is 0.438 e. The van der Waals surface area contributed by atoms with Crippen LogP contribution in [0.15, 0.2) is 48.7 Å². The lowest BCUT2D eigenvalue weighted by Crippen LogP contribution is -2.46. The highest BCUT2D eigenvalue weighted by atomic mass is 19.4. The van der Waals surface area contributed by atoms with Gasteiger partial charge in [0.1, 0.15) is 11.1 Å². The summed E-state index contributed by atoms with van der Waals surface area (Å²) in [5, 5.41) is 7.55. The summed E-state index contributed by atoms with van der Waals surface area (Å²) in [5.74, 6) is 0.512. The minimum Gasteiger partial charge on any atom is -0.438 e. The van der Waals surface area contributed by atoms with E-state index in [0.717, 1.165) is 17.7 Å². The van der Waals surface area contributed by atoms with Gasteiger partial charge in [0.2, 0.25) is 11.8 Å². The third-order valence-electron chi connectivity index (χ3n) is 6.25. The second kappa shape index (κ2) is 10.2. The zero-order chi connectivity index (χ0) is 27.9. The number of hydrogen-bond acceptors (Lipinski definition) is 7. The molecule has 2 aromatic carbocycles. The van der Waals surface area contributed by atoms with Crippen LogP contribution in [0.4, 0.5) is 24.8 Å². The predicted octanol–water partition coefficient (Wildman–Crippen LogP) is 5.35. The van der Waals surface area contributed by atoms with Crippen molar-refractivity contribution < 1.29 is 27.4 Å². The Kier molecular flexibility index (Phi) is 6.89. The van der Waals surface area contributed by atoms with E-state index in [1.54, 1.807) is 30.1 Å². The molecule has 1 fully saturated rings. The number of ether oxygens (including phenoxy) is 2. The highest BCUT2D eigenvalue weighted by Crippen LogP contribution is 2.33. The molecule has 1 aliphatic rings. The van der Waals surface area contributed by atoms with Crippen molar-refractivity contribution in [3.63, 3.8) is 0 Å². The first-order valence-corrected chi connectivity index (χ1v) is 12.3. The summed E-state index contributed by atoms with van der Waals surface area (Å²) < 4.78 is 52.9. The zero-order valence-corrected chi connectivity index (χ0v) is 21.8. The van der Waals surface area contributed by atoms with Gasteiger partial charge in [0.25, 0.3) is 5.91 Å². The van der Waals surface area contributed by atoms with Crippen LogP contribution in [0.2, 0.25) is 0 Å². The number of amides is 1. The summed E-state index contributed by atoms with van der Waals surface area (Å²) in [7, 11) is 1.77. The Balaban J connectivity index is 1.44. The molecule has 0 spiro atoms. The van der Waals surface area contributed by atoms with E-state index in [1.807, 2.05) is 25.7 Å². The molecule has 0 aliphatic carbocycles. The molecular formula is C27H27F3N6O3. The number of aryl methyl sites for hydroxylation is 2. The Bertz CT molecular complexity index is 1530. The minimum atomic E-state index is -4.52. The van der Waals surface area contributed by atoms with Crippen molar-refractivity contribution in [2.24, 2.45) is 7.05 Å². The van der Waals surface area contributed by atoms with Crippen LogP contribution in [0.1, 0.15) is 35.3 Å². The van der Waals surface area contributed by atoms with E-state index in [9.17, 15) is 18.0 Å². The van der Waals surface area contributed by atoms with Gasteiger partial charge in [-0.15, -0.1) is 0 Å². The first kappa shape index (κ1) is 26.4. The number of nitrogens with zero attached hydrogens (tertiary/aromatic N) is 5. The third-order valence-corrected chi connectivity index (χ3v) is 6.25. The topological polar surface area (TPSA) is 94.4 Å². The monoisotopic (exact) mass is 540 g/mol. The van der Waals surface area contributed by atoms with Gasteiger partial charge in [-0.3, -0.25) is 9.48 Å². The first-order chi connectivity index (χ1) is 18.5. The van der Waals surface area contributed by atoms with E-state index >= 15 is 0 Å². The van der Waals surface area contributed by atoms with E-state index in [2.05, 4.69) is 15.4 Å². The van der Waals surface area contributed by atoms with Crippen molar-refractivity contribution in [3.8, 4) is 11.6 Å². The van der Waals surface area contributed by atoms with Gasteiger partial charge in [-0.05, 0) is 56.7 Å². The van der Waals surface area contributed by atoms with Crippen LogP contribution in [0.3, 0.4) is 0 Å². The molecule has 204 valence electrons. The molecule has 0 bridgehead atoms. The van der Waals surface area contributed by atoms with Crippen molar-refractivity contribution in [2.75, 3.05) is 23.3 Å². The lowest BCUT2D eigenvalue weighted by atomic mass is 10.1. The lowest BCUT2D eigenvalue weighted by Gasteiger charge is -2.35. The smallest absolute Gasteiger partial charge is 0.416 e. The molecule has 1 aliphatic heterocycles. The summed E-state index contributed by atoms with van der Waals surface area (Å²) in [6.45, 7) is 6.99. The maximum absolute atomic E-state index is 13.1. The Morgan fingerprint density at radius 1 is 1.10 bits per heavy atom. The molecule has 1 N–H and O–H groups in total. The number of carbonyl (C=O) groups excluding carboxylic acids is 1. The average Bonchev–Trinajstić information content (AvgIpc) is 3.25. The number of halogens is 3. The fourth-order valence-electron chi connectivity index (χ4n) is 4.47. The summed E-state index contributed by atoms with van der Waals surface area (Å²) in [6.07, 6.45) is -2.78. The number of anilines is 2. The second-order valence-corrected chi connectivity index (χ2v) is 9.65. The van der Waals surface area contributed by atoms with Crippen molar-refractivity contribution >= 4 is 28.6 Å². The number of fused-ring (bicyclic) bond motifs is 1. The molecule has 39 heavy (non-hydrogen) atoms. The van der Waals surface area contributed by atoms with Crippen molar-refractivity contribution in [1.29, 1.82) is 0 Å². The number of hydrogen-bond donors (Lipinski definition) is 1. The molecule has 2 atom stereocenters. The molecule has 4 aromatic rings. The molecule has 3 heterocycles. The highest BCUT2D eigenvalue weighted by molar-refractivity contribution is 6.04. The van der Waals surface area contributed by atoms with Crippen LogP contribution in [-0.2, 0) is 18.0 Å². The molecule has 12 heteroatoms. The van der Waals surface area contributed by atoms with E-state index < -0.39 is 17.6 Å². The van der Waals surface area contributed by atoms with Gasteiger partial charge in [0.05, 0.1) is 17.8 Å². The Hall–Kier alpha value is -4.19. The summed E-state index contributed by atoms with van der Waals surface area (Å²) in [6, 6.07) is 9.27. The summed E-state index contributed by atoms with van der Waals surface area (Å²) >= 11 is 0. The van der Waals surface area contributed by atoms with Crippen LogP contribution in [0.5, 0.6) is 11.6 Å². The maximum atomic E-state index is 13.1. The molecule has 1 amide bonds. The van der Waals surface area contributed by atoms with Gasteiger partial charge in [0.15, 0.2) is 5.65 Å². The Morgan fingerprint density at radius 3 is 2.56 bits per heavy atom. The maximum Gasteiger partial charge on any atom is 0.416 e. The number of morpholine rings is 1. The summed E-state index contributed by atoms with van der Waals surface area (Å²) in [5.41, 5.74) is 0.582. The zero-order valence-electron chi connectivity index (χ0n) is 21.8. The number of nitrogens with one attached hydrogen (secondary N) is 1. The van der Waals surface area contributed by atoms with Crippen LogP contribution >= 0.6 is 0 Å². The number of rotatable bonds is 5. The van der Waals surface area contributed by atoms with Gasteiger partial charge in [-0.1, -0.05) is 12.1 Å². The third kappa shape index (κ3) is 5.80. The molecule has 5 rings (SSSR count). The van der Waals surface area contributed by atoms with Crippen molar-refractivity contribution in [3.05, 3.63) is 65.4 Å². The van der Waals surface area contributed by atoms with E-state index in [4.69, 9.17) is 14.5 Å². The van der Waals surface area contributed by atoms with E-state index in [-0.39, 0.29) is 29.3 Å². The van der Waals surface area contributed by atoms with E-state index in [1.165, 1.54) is 18.2 Å². The van der Waals surface area contributed by atoms with Crippen molar-refractivity contribution in [2.45, 2.75) is 39.2 Å². The molecular weight excluding hydrogens is 513 g/mol. The fraction of sp³-hybridized carbons (Fsp3) is 0.333. The molecule has 0 saturated carbocycles. The average molecular weight is 541 g/mol. The first-order valence-electron chi connectivity index (χ1n) is 12.3. The molecule has 1 saturated heterocycles. The summed E-state index contributed by atoms with van der Waals surface area (Å²) in [4.78, 5) is 24.3. The van der Waals surface area contributed by atoms with Crippen LogP contribution in [0, 0.1) is 6.92 Å². The molecule has 2 unspecified atom stereocenters. The number of aromatic nitrogens is 4. The lowest BCUT2D eigenvalue weighted by molar-refractivity contribution is -0.137. The van der Waals surface area contributed by atoms with Gasteiger partial charge in [-0.2, -0.15) is 28.2 Å². The highest BCUT2D eigenvalue weighted by Gasteiger charge is 2.30. The normalized spacial score (nSPS) is 17.9. The van der Waals surface area contributed by atoms with Gasteiger partial charge < -0.3 is 19.7 Å². The fourth-order valence-corrected chi connectivity index (χ4v) is 4.47. The molecule has 2 aromatic heterocycles. The van der Waals surface area contributed by atoms with Gasteiger partial charge in [0, 0.05) is 37.6 Å². The number of alkyl halides is 3. The van der Waals surface area contributed by atoms with Crippen LogP contribution < -0.4 is 15.0 Å². The number of carbonyl (C=O) groups is 1. The molecule has 9 nitrogen and oxygen atoms in total. The Labute approximate surface area is 222 Å². The SMILES string of the molecule is Cc1ccc(C(=O)Nc2cccc(C(F)(F)F)c2)cc1Oc1nc(N2CC(C)OC(C)C2)nc2nn(C)cc12. The number of benzene rings is 2. The van der Waals surface area contributed by atoms with Crippen LogP contribution in [-0.4, -0.2) is 51.0 Å². The standard InChI is InChI=1S/C27H27F3N6O3/c1-15-8-9-18(24(37)31-20-7-5-6-19(11-20)27(28,29)30)10-22(15)39-25-21-14-35(4)34-23(21)32-26(33-25)36-12-16(2)38-17(3)13-36/h5-11,14,16-17H,12-13H2,1-4H3,(H,31,37). The quantitative estimate of drug-likeness (QED) is 0.365. The second-order valence-electron chi connectivity index (χ2n) is 9.65. The van der Waals surface area contributed by atoms with Crippen molar-refractivity contribution in [1.82, 2.24) is 19.7 Å². The van der Waals surface area contributed by atoms with Gasteiger partial charge >= 0.3 is 6.18 Å². The predicted molar refractivity (Wildman–Crippen MR) is 139 cm³/mol. The van der Waals surface area contributed by atoms with Gasteiger partial charge in [-0.25, -0.2) is 0 Å². The minimum absolute atomic E-state index is 0.00425. The van der Waals surface area contributed by atoms with Crippen LogP contribution in [0.25, 0.3) is 11.0 Å². The molecule has 0 radical (unpaired) electrons.